The molecule has 43 valence electrons. The molecular weight excluding hydrogens is 110 g/mol. The van der Waals surface area contributed by atoms with E-state index in [2.05, 4.69) is 9.99 Å². The van der Waals surface area contributed by atoms with Crippen LogP contribution in [0.2, 0.25) is 0 Å². The Morgan fingerprint density at radius 2 is 2.75 bits per heavy atom. The minimum atomic E-state index is -1.02. The Hall–Kier alpha value is -1.06. The van der Waals surface area contributed by atoms with E-state index in [1.165, 1.54) is 6.61 Å². The molecule has 0 aromatic carbocycles. The van der Waals surface area contributed by atoms with Gasteiger partial charge in [-0.05, 0) is 0 Å². The average Bonchev–Trinajstić information content (AvgIpc) is 2.12. The van der Waals surface area contributed by atoms with Crippen LogP contribution in [0.4, 0.5) is 0 Å². The molecule has 0 amide bonds. The monoisotopic (exact) mass is 114 g/mol. The van der Waals surface area contributed by atoms with Gasteiger partial charge in [0.1, 0.15) is 0 Å². The van der Waals surface area contributed by atoms with E-state index in [1.807, 2.05) is 0 Å². The molecule has 0 atom stereocenters. The summed E-state index contributed by atoms with van der Waals surface area (Å²) in [6.45, 7) is 1.34. The molecule has 4 nitrogen and oxygen atoms in total. The van der Waals surface area contributed by atoms with Crippen LogP contribution >= 0.6 is 0 Å². The summed E-state index contributed by atoms with van der Waals surface area (Å²) in [6, 6.07) is 0. The third-order valence-electron chi connectivity index (χ3n) is 0.761. The Balaban J connectivity index is 2.57. The summed E-state index contributed by atoms with van der Waals surface area (Å²) in [5.74, 6) is -1.02. The van der Waals surface area contributed by atoms with Crippen molar-refractivity contribution in [1.82, 2.24) is 0 Å². The Bertz CT molecular complexity index is 140. The highest BCUT2D eigenvalue weighted by Gasteiger charge is 2.15. The summed E-state index contributed by atoms with van der Waals surface area (Å²) in [5.41, 5.74) is 0.0602. The van der Waals surface area contributed by atoms with Gasteiger partial charge in [0.05, 0.1) is 0 Å². The molecule has 0 aromatic rings. The molecule has 0 spiro atoms. The predicted molar refractivity (Wildman–Crippen MR) is 25.1 cm³/mol. The van der Waals surface area contributed by atoms with Gasteiger partial charge in [0, 0.05) is 6.42 Å². The zero-order valence-corrected chi connectivity index (χ0v) is 4.00. The minimum absolute atomic E-state index is 0.0602. The van der Waals surface area contributed by atoms with Crippen molar-refractivity contribution in [2.24, 2.45) is 5.16 Å². The quantitative estimate of drug-likeness (QED) is 0.522. The van der Waals surface area contributed by atoms with Gasteiger partial charge in [-0.2, -0.15) is 0 Å². The normalized spacial score (nSPS) is 17.2. The molecule has 0 saturated heterocycles. The second-order valence-corrected chi connectivity index (χ2v) is 1.32. The SMILES string of the molecule is O=C(O)C1=NO[CH]C1. The highest BCUT2D eigenvalue weighted by molar-refractivity contribution is 6.35. The topological polar surface area (TPSA) is 58.9 Å². The van der Waals surface area contributed by atoms with Gasteiger partial charge in [-0.1, -0.05) is 5.16 Å². The molecule has 1 heterocycles. The lowest BCUT2D eigenvalue weighted by atomic mass is 10.3. The summed E-state index contributed by atoms with van der Waals surface area (Å²) >= 11 is 0. The van der Waals surface area contributed by atoms with E-state index in [4.69, 9.17) is 5.11 Å². The summed E-state index contributed by atoms with van der Waals surface area (Å²) < 4.78 is 0. The van der Waals surface area contributed by atoms with Gasteiger partial charge >= 0.3 is 5.97 Å². The Morgan fingerprint density at radius 3 is 3.00 bits per heavy atom. The molecule has 0 bridgehead atoms. The fourth-order valence-electron chi connectivity index (χ4n) is 0.381. The number of nitrogens with zero attached hydrogens (tertiary/aromatic N) is 1. The molecule has 0 aliphatic carbocycles. The summed E-state index contributed by atoms with van der Waals surface area (Å²) in [6.07, 6.45) is 0.301. The van der Waals surface area contributed by atoms with Crippen molar-refractivity contribution >= 4 is 11.7 Å². The van der Waals surface area contributed by atoms with Crippen LogP contribution in [0.3, 0.4) is 0 Å². The van der Waals surface area contributed by atoms with Gasteiger partial charge in [-0.3, -0.25) is 0 Å². The maximum absolute atomic E-state index is 9.97. The van der Waals surface area contributed by atoms with Crippen LogP contribution in [0.25, 0.3) is 0 Å². The summed E-state index contributed by atoms with van der Waals surface area (Å²) in [7, 11) is 0. The number of carbonyl (C=O) groups is 1. The predicted octanol–water partition coefficient (Wildman–Crippen LogP) is 0.00909. The maximum atomic E-state index is 9.97. The van der Waals surface area contributed by atoms with Crippen LogP contribution in [0.5, 0.6) is 0 Å². The van der Waals surface area contributed by atoms with Crippen molar-refractivity contribution in [3.05, 3.63) is 6.61 Å². The molecular formula is C4H4NO3. The lowest BCUT2D eigenvalue weighted by Gasteiger charge is -1.80. The van der Waals surface area contributed by atoms with E-state index in [-0.39, 0.29) is 5.71 Å². The van der Waals surface area contributed by atoms with Crippen LogP contribution in [-0.2, 0) is 9.63 Å². The highest BCUT2D eigenvalue weighted by Crippen LogP contribution is 2.03. The molecule has 0 saturated carbocycles. The van der Waals surface area contributed by atoms with E-state index >= 15 is 0 Å². The van der Waals surface area contributed by atoms with E-state index in [1.54, 1.807) is 0 Å². The smallest absolute Gasteiger partial charge is 0.353 e. The molecule has 1 radical (unpaired) electrons. The molecule has 1 rings (SSSR count). The Labute approximate surface area is 45.7 Å². The number of carboxylic acids is 1. The fraction of sp³-hybridized carbons (Fsp3) is 0.250. The van der Waals surface area contributed by atoms with E-state index < -0.39 is 5.97 Å². The van der Waals surface area contributed by atoms with E-state index in [0.29, 0.717) is 6.42 Å². The van der Waals surface area contributed by atoms with Gasteiger partial charge in [0.25, 0.3) is 0 Å². The Morgan fingerprint density at radius 1 is 2.00 bits per heavy atom. The van der Waals surface area contributed by atoms with Crippen molar-refractivity contribution in [3.63, 3.8) is 0 Å². The van der Waals surface area contributed by atoms with Crippen molar-refractivity contribution in [2.75, 3.05) is 0 Å². The first-order valence-corrected chi connectivity index (χ1v) is 2.08. The zero-order valence-electron chi connectivity index (χ0n) is 4.00. The molecule has 4 heteroatoms. The molecule has 1 aliphatic rings. The number of hydrogen-bond donors (Lipinski definition) is 1. The van der Waals surface area contributed by atoms with Crippen LogP contribution in [0, 0.1) is 6.61 Å². The Kier molecular flexibility index (Phi) is 1.15. The van der Waals surface area contributed by atoms with Crippen LogP contribution in [-0.4, -0.2) is 16.8 Å². The zero-order chi connectivity index (χ0) is 5.98. The van der Waals surface area contributed by atoms with Crippen LogP contribution in [0.1, 0.15) is 6.42 Å². The maximum Gasteiger partial charge on any atom is 0.353 e. The van der Waals surface area contributed by atoms with E-state index in [0.717, 1.165) is 0 Å². The highest BCUT2D eigenvalue weighted by atomic mass is 16.6. The van der Waals surface area contributed by atoms with Crippen LogP contribution < -0.4 is 0 Å². The van der Waals surface area contributed by atoms with Gasteiger partial charge in [-0.15, -0.1) is 0 Å². The first-order valence-electron chi connectivity index (χ1n) is 2.08. The lowest BCUT2D eigenvalue weighted by Crippen LogP contribution is -2.08. The molecule has 1 aliphatic heterocycles. The third-order valence-corrected chi connectivity index (χ3v) is 0.761. The number of hydrogen-bond acceptors (Lipinski definition) is 3. The fourth-order valence-corrected chi connectivity index (χ4v) is 0.381. The number of oxime groups is 1. The molecule has 0 unspecified atom stereocenters. The third kappa shape index (κ3) is 0.776. The van der Waals surface area contributed by atoms with Crippen molar-refractivity contribution in [2.45, 2.75) is 6.42 Å². The van der Waals surface area contributed by atoms with Gasteiger partial charge < -0.3 is 9.94 Å². The first-order chi connectivity index (χ1) is 3.80. The number of carboxylic acid groups (broad SMARTS) is 1. The largest absolute Gasteiger partial charge is 0.477 e. The lowest BCUT2D eigenvalue weighted by molar-refractivity contribution is -0.129. The number of aliphatic carboxylic acids is 1. The van der Waals surface area contributed by atoms with Crippen molar-refractivity contribution in [3.8, 4) is 0 Å². The number of rotatable bonds is 1. The van der Waals surface area contributed by atoms with Gasteiger partial charge in [0.15, 0.2) is 12.3 Å². The molecule has 8 heavy (non-hydrogen) atoms. The summed E-state index contributed by atoms with van der Waals surface area (Å²) in [4.78, 5) is 14.3. The van der Waals surface area contributed by atoms with Gasteiger partial charge in [-0.25, -0.2) is 4.79 Å². The van der Waals surface area contributed by atoms with Crippen molar-refractivity contribution < 1.29 is 14.7 Å². The minimum Gasteiger partial charge on any atom is -0.477 e. The van der Waals surface area contributed by atoms with Crippen molar-refractivity contribution in [1.29, 1.82) is 0 Å². The second kappa shape index (κ2) is 1.81. The van der Waals surface area contributed by atoms with Gasteiger partial charge in [0.2, 0.25) is 0 Å². The molecule has 1 N–H and O–H groups in total. The van der Waals surface area contributed by atoms with E-state index in [9.17, 15) is 4.79 Å². The first kappa shape index (κ1) is 5.08. The molecule has 0 aromatic heterocycles. The van der Waals surface area contributed by atoms with Crippen LogP contribution in [0.15, 0.2) is 5.16 Å². The average molecular weight is 114 g/mol. The summed E-state index contributed by atoms with van der Waals surface area (Å²) in [5, 5.41) is 11.4. The standard InChI is InChI=1S/C4H4NO3/c6-4(7)3-1-2-8-5-3/h2H,1H2,(H,6,7). The molecule has 0 fully saturated rings. The second-order valence-electron chi connectivity index (χ2n) is 1.32.